The van der Waals surface area contributed by atoms with Crippen LogP contribution in [0.25, 0.3) is 0 Å². The molecule has 2 atom stereocenters. The largest absolute Gasteiger partial charge is 0.494 e. The summed E-state index contributed by atoms with van der Waals surface area (Å²) in [6.45, 7) is 10.9. The van der Waals surface area contributed by atoms with Crippen molar-refractivity contribution < 1.29 is 38.1 Å². The minimum Gasteiger partial charge on any atom is -0.494 e. The maximum absolute atomic E-state index is 14.4. The predicted molar refractivity (Wildman–Crippen MR) is 197 cm³/mol. The van der Waals surface area contributed by atoms with Gasteiger partial charge in [-0.25, -0.2) is 9.59 Å². The monoisotopic (exact) mass is 714 g/mol. The van der Waals surface area contributed by atoms with Gasteiger partial charge in [-0.15, -0.1) is 0 Å². The highest BCUT2D eigenvalue weighted by atomic mass is 16.6. The number of unbranched alkanes of at least 4 members (excludes halogenated alkanes) is 1. The summed E-state index contributed by atoms with van der Waals surface area (Å²) in [5.41, 5.74) is 0.112. The third kappa shape index (κ3) is 9.74. The fourth-order valence-corrected chi connectivity index (χ4v) is 6.11. The number of carbonyl (C=O) groups is 4. The Hall–Kier alpha value is -5.26. The smallest absolute Gasteiger partial charge is 0.410 e. The van der Waals surface area contributed by atoms with Gasteiger partial charge >= 0.3 is 12.2 Å². The van der Waals surface area contributed by atoms with Gasteiger partial charge in [0.15, 0.2) is 0 Å². The Morgan fingerprint density at radius 3 is 2.56 bits per heavy atom. The molecule has 278 valence electrons. The van der Waals surface area contributed by atoms with E-state index >= 15 is 0 Å². The summed E-state index contributed by atoms with van der Waals surface area (Å²) < 4.78 is 23.3. The fraction of sp³-hybridized carbons (Fsp3) is 0.450. The molecule has 2 heterocycles. The highest BCUT2D eigenvalue weighted by molar-refractivity contribution is 6.05. The first-order valence-electron chi connectivity index (χ1n) is 18.0. The van der Waals surface area contributed by atoms with Crippen LogP contribution in [0.4, 0.5) is 15.3 Å². The van der Waals surface area contributed by atoms with E-state index in [4.69, 9.17) is 18.9 Å². The molecule has 12 heteroatoms. The molecule has 3 aromatic rings. The summed E-state index contributed by atoms with van der Waals surface area (Å²) in [5, 5.41) is 5.79. The molecule has 2 aliphatic rings. The number of benzene rings is 3. The second-order valence-electron chi connectivity index (χ2n) is 14.2. The number of nitrogens with one attached hydrogen (secondary N) is 2. The Kier molecular flexibility index (Phi) is 12.3. The Labute approximate surface area is 305 Å². The van der Waals surface area contributed by atoms with Crippen molar-refractivity contribution in [1.82, 2.24) is 15.5 Å². The fourth-order valence-electron chi connectivity index (χ4n) is 6.11. The van der Waals surface area contributed by atoms with Gasteiger partial charge in [-0.1, -0.05) is 55.8 Å². The van der Waals surface area contributed by atoms with E-state index in [1.54, 1.807) is 30.0 Å². The molecule has 0 spiro atoms. The molecule has 0 aliphatic carbocycles. The summed E-state index contributed by atoms with van der Waals surface area (Å²) >= 11 is 0. The van der Waals surface area contributed by atoms with Crippen molar-refractivity contribution in [2.24, 2.45) is 0 Å². The average molecular weight is 715 g/mol. The molecule has 1 unspecified atom stereocenters. The van der Waals surface area contributed by atoms with Crippen molar-refractivity contribution in [3.8, 4) is 11.5 Å². The number of alkyl carbamates (subject to hydrolysis) is 1. The van der Waals surface area contributed by atoms with E-state index in [1.165, 1.54) is 4.90 Å². The number of piperidine rings is 1. The minimum absolute atomic E-state index is 0.0774. The lowest BCUT2D eigenvalue weighted by Gasteiger charge is -2.41. The van der Waals surface area contributed by atoms with Crippen LogP contribution in [0, 0.1) is 0 Å². The van der Waals surface area contributed by atoms with Gasteiger partial charge in [-0.2, -0.15) is 0 Å². The van der Waals surface area contributed by atoms with Crippen molar-refractivity contribution in [1.29, 1.82) is 0 Å². The van der Waals surface area contributed by atoms with Crippen LogP contribution < -0.4 is 25.0 Å². The lowest BCUT2D eigenvalue weighted by atomic mass is 9.91. The Balaban J connectivity index is 1.34. The minimum atomic E-state index is -1.43. The number of hydrogen-bond donors (Lipinski definition) is 2. The zero-order valence-corrected chi connectivity index (χ0v) is 30.7. The van der Waals surface area contributed by atoms with Crippen LogP contribution in [0.15, 0.2) is 72.8 Å². The summed E-state index contributed by atoms with van der Waals surface area (Å²) in [4.78, 5) is 56.5. The maximum atomic E-state index is 14.4. The van der Waals surface area contributed by atoms with E-state index in [0.29, 0.717) is 60.9 Å². The molecule has 0 aromatic heterocycles. The van der Waals surface area contributed by atoms with Crippen molar-refractivity contribution in [3.05, 3.63) is 89.5 Å². The van der Waals surface area contributed by atoms with Gasteiger partial charge in [0, 0.05) is 43.3 Å². The maximum Gasteiger partial charge on any atom is 0.410 e. The molecule has 2 N–H and O–H groups in total. The first kappa shape index (κ1) is 38.0. The molecule has 52 heavy (non-hydrogen) atoms. The molecule has 2 aliphatic heterocycles. The normalized spacial score (nSPS) is 18.5. The van der Waals surface area contributed by atoms with E-state index in [0.717, 1.165) is 18.4 Å². The molecular formula is C40H50N4O8. The van der Waals surface area contributed by atoms with Crippen LogP contribution in [0.5, 0.6) is 11.5 Å². The number of hydrogen-bond acceptors (Lipinski definition) is 8. The van der Waals surface area contributed by atoms with Gasteiger partial charge in [0.1, 0.15) is 23.7 Å². The molecule has 0 radical (unpaired) electrons. The number of nitrogens with zero attached hydrogens (tertiary/aromatic N) is 2. The summed E-state index contributed by atoms with van der Waals surface area (Å²) in [5.74, 6) is 0.308. The quantitative estimate of drug-likeness (QED) is 0.202. The van der Waals surface area contributed by atoms with Crippen molar-refractivity contribution in [3.63, 3.8) is 0 Å². The standard InChI is InChI=1S/C40H50N4O8/c1-6-7-23-49-32-17-11-15-30(25-32)40(5)36(46)44(22-20-41-37(47)50-27-28-13-9-8-10-14-28)33-24-29(18-19-34(33)51-40)35(45)42-31-16-12-21-43(26-31)38(48)52-39(2,3)4/h8-11,13-15,17-19,24-25,31H,6-7,12,16,20-23,26-27H2,1-5H3,(H,41,47)(H,42,45)/t31-,40?/m1/s1. The molecule has 0 bridgehead atoms. The first-order valence-corrected chi connectivity index (χ1v) is 18.0. The Bertz CT molecular complexity index is 1730. The first-order chi connectivity index (χ1) is 24.9. The second-order valence-corrected chi connectivity index (χ2v) is 14.2. The SMILES string of the molecule is CCCCOc1cccc(C2(C)Oc3ccc(C(=O)N[C@@H]4CCCN(C(=O)OC(C)(C)C)C4)cc3N(CCNC(=O)OCc3ccccc3)C2=O)c1. The average Bonchev–Trinajstić information content (AvgIpc) is 3.12. The molecule has 1 fully saturated rings. The number of fused-ring (bicyclic) bond motifs is 1. The molecule has 5 rings (SSSR count). The van der Waals surface area contributed by atoms with Gasteiger partial charge in [0.05, 0.1) is 12.3 Å². The molecule has 0 saturated carbocycles. The zero-order chi connectivity index (χ0) is 37.3. The highest BCUT2D eigenvalue weighted by Crippen LogP contribution is 2.43. The van der Waals surface area contributed by atoms with Crippen LogP contribution in [0.1, 0.15) is 81.8 Å². The molecular weight excluding hydrogens is 664 g/mol. The van der Waals surface area contributed by atoms with Gasteiger partial charge in [0.2, 0.25) is 5.60 Å². The van der Waals surface area contributed by atoms with Gasteiger partial charge < -0.3 is 39.4 Å². The summed E-state index contributed by atoms with van der Waals surface area (Å²) in [7, 11) is 0. The third-order valence-electron chi connectivity index (χ3n) is 8.86. The highest BCUT2D eigenvalue weighted by Gasteiger charge is 2.46. The topological polar surface area (TPSA) is 136 Å². The summed E-state index contributed by atoms with van der Waals surface area (Å²) in [6.07, 6.45) is 2.28. The lowest BCUT2D eigenvalue weighted by Crippen LogP contribution is -2.54. The third-order valence-corrected chi connectivity index (χ3v) is 8.86. The zero-order valence-electron chi connectivity index (χ0n) is 30.7. The van der Waals surface area contributed by atoms with Crippen molar-refractivity contribution >= 4 is 29.7 Å². The van der Waals surface area contributed by atoms with Gasteiger partial charge in [0.25, 0.3) is 11.8 Å². The lowest BCUT2D eigenvalue weighted by molar-refractivity contribution is -0.135. The van der Waals surface area contributed by atoms with Crippen LogP contribution >= 0.6 is 0 Å². The van der Waals surface area contributed by atoms with E-state index in [1.807, 2.05) is 75.4 Å². The van der Waals surface area contributed by atoms with Gasteiger partial charge in [-0.3, -0.25) is 9.59 Å². The van der Waals surface area contributed by atoms with E-state index in [9.17, 15) is 19.2 Å². The molecule has 3 aromatic carbocycles. The molecule has 1 saturated heterocycles. The number of rotatable bonds is 12. The van der Waals surface area contributed by atoms with Crippen molar-refractivity contribution in [2.45, 2.75) is 84.2 Å². The van der Waals surface area contributed by atoms with Gasteiger partial charge in [-0.05, 0) is 82.9 Å². The molecule has 12 nitrogen and oxygen atoms in total. The van der Waals surface area contributed by atoms with E-state index in [2.05, 4.69) is 17.6 Å². The molecule has 4 amide bonds. The van der Waals surface area contributed by atoms with Crippen LogP contribution in [0.2, 0.25) is 0 Å². The second kappa shape index (κ2) is 16.8. The summed E-state index contributed by atoms with van der Waals surface area (Å²) in [6, 6.07) is 21.3. The Morgan fingerprint density at radius 1 is 1.02 bits per heavy atom. The number of carbonyl (C=O) groups excluding carboxylic acids is 4. The van der Waals surface area contributed by atoms with Crippen molar-refractivity contribution in [2.75, 3.05) is 37.7 Å². The Morgan fingerprint density at radius 2 is 1.81 bits per heavy atom. The number of amides is 4. The predicted octanol–water partition coefficient (Wildman–Crippen LogP) is 6.56. The van der Waals surface area contributed by atoms with E-state index in [-0.39, 0.29) is 37.6 Å². The van der Waals surface area contributed by atoms with E-state index < -0.39 is 23.4 Å². The number of ether oxygens (including phenoxy) is 4. The number of anilines is 1. The number of likely N-dealkylation sites (tertiary alicyclic amines) is 1. The van der Waals surface area contributed by atoms with Crippen LogP contribution in [0.3, 0.4) is 0 Å². The van der Waals surface area contributed by atoms with Crippen LogP contribution in [-0.4, -0.2) is 73.3 Å². The van der Waals surface area contributed by atoms with Crippen LogP contribution in [-0.2, 0) is 26.5 Å².